The molecule has 0 bridgehead atoms. The molecule has 1 aromatic carbocycles. The topological polar surface area (TPSA) is 47.3 Å². The van der Waals surface area contributed by atoms with E-state index in [-0.39, 0.29) is 17.5 Å². The molecule has 0 aromatic heterocycles. The summed E-state index contributed by atoms with van der Waals surface area (Å²) in [4.78, 5) is 0. The van der Waals surface area contributed by atoms with Gasteiger partial charge in [0, 0.05) is 11.6 Å². The highest BCUT2D eigenvalue weighted by atomic mass is 79.9. The molecule has 0 radical (unpaired) electrons. The van der Waals surface area contributed by atoms with E-state index in [1.807, 2.05) is 0 Å². The van der Waals surface area contributed by atoms with Gasteiger partial charge in [-0.3, -0.25) is 11.3 Å². The van der Waals surface area contributed by atoms with Gasteiger partial charge in [0.05, 0.1) is 11.6 Å². The van der Waals surface area contributed by atoms with Gasteiger partial charge in [-0.05, 0) is 43.0 Å². The van der Waals surface area contributed by atoms with Gasteiger partial charge in [-0.2, -0.15) is 0 Å². The maximum absolute atomic E-state index is 13.3. The predicted octanol–water partition coefficient (Wildman–Crippen LogP) is 3.17. The van der Waals surface area contributed by atoms with E-state index in [0.29, 0.717) is 6.42 Å². The van der Waals surface area contributed by atoms with E-state index in [4.69, 9.17) is 10.6 Å². The molecule has 0 aliphatic heterocycles. The zero-order chi connectivity index (χ0) is 14.5. The third-order valence-electron chi connectivity index (χ3n) is 3.87. The summed E-state index contributed by atoms with van der Waals surface area (Å²) in [6.45, 7) is 4.13. The highest BCUT2D eigenvalue weighted by Gasteiger charge is 2.35. The third kappa shape index (κ3) is 3.75. The minimum Gasteiger partial charge on any atom is -0.377 e. The van der Waals surface area contributed by atoms with Crippen molar-refractivity contribution in [2.75, 3.05) is 7.11 Å². The maximum atomic E-state index is 13.3. The molecule has 0 fully saturated rings. The van der Waals surface area contributed by atoms with Crippen molar-refractivity contribution in [3.05, 3.63) is 34.1 Å². The summed E-state index contributed by atoms with van der Waals surface area (Å²) in [6.07, 6.45) is 2.27. The number of hydrogen-bond acceptors (Lipinski definition) is 3. The first-order valence-electron chi connectivity index (χ1n) is 6.48. The molecule has 1 atom stereocenters. The summed E-state index contributed by atoms with van der Waals surface area (Å²) >= 11 is 3.44. The van der Waals surface area contributed by atoms with E-state index < -0.39 is 0 Å². The molecule has 0 aliphatic rings. The van der Waals surface area contributed by atoms with Crippen LogP contribution in [0.1, 0.15) is 32.3 Å². The van der Waals surface area contributed by atoms with Gasteiger partial charge in [-0.15, -0.1) is 0 Å². The third-order valence-corrected chi connectivity index (χ3v) is 4.65. The smallest absolute Gasteiger partial charge is 0.123 e. The van der Waals surface area contributed by atoms with Crippen LogP contribution in [0, 0.1) is 5.82 Å². The number of nitrogens with one attached hydrogen (secondary N) is 1. The number of hydrogen-bond donors (Lipinski definition) is 2. The van der Waals surface area contributed by atoms with Crippen molar-refractivity contribution in [1.29, 1.82) is 0 Å². The minimum atomic E-state index is -0.347. The van der Waals surface area contributed by atoms with E-state index in [0.717, 1.165) is 22.9 Å². The number of methoxy groups -OCH3 is 1. The van der Waals surface area contributed by atoms with E-state index in [9.17, 15) is 4.39 Å². The van der Waals surface area contributed by atoms with Crippen LogP contribution in [-0.2, 0) is 11.2 Å². The van der Waals surface area contributed by atoms with Crippen molar-refractivity contribution >= 4 is 15.9 Å². The number of hydrazine groups is 1. The largest absolute Gasteiger partial charge is 0.377 e. The Labute approximate surface area is 122 Å². The lowest BCUT2D eigenvalue weighted by Crippen LogP contribution is -2.55. The van der Waals surface area contributed by atoms with Crippen LogP contribution in [-0.4, -0.2) is 18.8 Å². The van der Waals surface area contributed by atoms with Crippen LogP contribution >= 0.6 is 15.9 Å². The maximum Gasteiger partial charge on any atom is 0.123 e. The van der Waals surface area contributed by atoms with Crippen LogP contribution in [0.15, 0.2) is 22.7 Å². The molecular formula is C14H22BrFN2O. The monoisotopic (exact) mass is 332 g/mol. The van der Waals surface area contributed by atoms with Crippen molar-refractivity contribution in [2.24, 2.45) is 5.84 Å². The Kier molecular flexibility index (Phi) is 6.39. The van der Waals surface area contributed by atoms with Crippen molar-refractivity contribution in [3.8, 4) is 0 Å². The molecule has 3 N–H and O–H groups in total. The molecule has 108 valence electrons. The fraction of sp³-hybridized carbons (Fsp3) is 0.571. The van der Waals surface area contributed by atoms with E-state index in [2.05, 4.69) is 35.2 Å². The summed E-state index contributed by atoms with van der Waals surface area (Å²) in [7, 11) is 1.69. The molecule has 0 spiro atoms. The molecule has 1 rings (SSSR count). The first-order valence-corrected chi connectivity index (χ1v) is 7.27. The minimum absolute atomic E-state index is 0.0781. The normalized spacial score (nSPS) is 13.6. The van der Waals surface area contributed by atoms with Crippen LogP contribution in [0.25, 0.3) is 0 Å². The highest BCUT2D eigenvalue weighted by Crippen LogP contribution is 2.28. The fourth-order valence-corrected chi connectivity index (χ4v) is 2.90. The molecule has 0 saturated carbocycles. The lowest BCUT2D eigenvalue weighted by atomic mass is 9.85. The second-order valence-corrected chi connectivity index (χ2v) is 5.49. The number of nitrogens with two attached hydrogens (primary N) is 1. The second-order valence-electron chi connectivity index (χ2n) is 4.64. The zero-order valence-corrected chi connectivity index (χ0v) is 13.3. The van der Waals surface area contributed by atoms with E-state index >= 15 is 0 Å². The fourth-order valence-electron chi connectivity index (χ4n) is 2.49. The highest BCUT2D eigenvalue weighted by molar-refractivity contribution is 9.10. The Bertz CT molecular complexity index is 402. The average molecular weight is 333 g/mol. The number of halogens is 2. The zero-order valence-electron chi connectivity index (χ0n) is 11.7. The first kappa shape index (κ1) is 16.6. The molecule has 5 heteroatoms. The molecule has 0 aliphatic carbocycles. The van der Waals surface area contributed by atoms with Gasteiger partial charge in [0.25, 0.3) is 0 Å². The molecule has 1 aromatic rings. The van der Waals surface area contributed by atoms with Gasteiger partial charge >= 0.3 is 0 Å². The van der Waals surface area contributed by atoms with Gasteiger partial charge in [-0.1, -0.05) is 29.8 Å². The van der Waals surface area contributed by atoms with Crippen molar-refractivity contribution in [3.63, 3.8) is 0 Å². The molecule has 0 saturated heterocycles. The second kappa shape index (κ2) is 7.33. The van der Waals surface area contributed by atoms with Crippen LogP contribution < -0.4 is 11.3 Å². The Morgan fingerprint density at radius 2 is 2.05 bits per heavy atom. The molecular weight excluding hydrogens is 311 g/mol. The molecule has 3 nitrogen and oxygen atoms in total. The lowest BCUT2D eigenvalue weighted by molar-refractivity contribution is -0.0473. The SMILES string of the molecule is CCC(CC)(OC)C(Cc1cc(F)ccc1Br)NN. The summed E-state index contributed by atoms with van der Waals surface area (Å²) in [5.74, 6) is 5.44. The van der Waals surface area contributed by atoms with Crippen molar-refractivity contribution < 1.29 is 9.13 Å². The van der Waals surface area contributed by atoms with Crippen molar-refractivity contribution in [2.45, 2.75) is 44.8 Å². The standard InChI is InChI=1S/C14H22BrFN2O/c1-4-14(5-2,19-3)13(18-17)9-10-8-11(16)6-7-12(10)15/h6-8,13,18H,4-5,9,17H2,1-3H3. The van der Waals surface area contributed by atoms with E-state index in [1.54, 1.807) is 13.2 Å². The Morgan fingerprint density at radius 3 is 2.53 bits per heavy atom. The quantitative estimate of drug-likeness (QED) is 0.595. The molecule has 0 amide bonds. The molecule has 1 unspecified atom stereocenters. The number of ether oxygens (including phenoxy) is 1. The van der Waals surface area contributed by atoms with Crippen molar-refractivity contribution in [1.82, 2.24) is 5.43 Å². The lowest BCUT2D eigenvalue weighted by Gasteiger charge is -2.38. The van der Waals surface area contributed by atoms with Gasteiger partial charge < -0.3 is 4.74 Å². The molecule has 0 heterocycles. The predicted molar refractivity (Wildman–Crippen MR) is 79.2 cm³/mol. The van der Waals surface area contributed by atoms with Crippen LogP contribution in [0.2, 0.25) is 0 Å². The summed E-state index contributed by atoms with van der Waals surface area (Å²) in [6, 6.07) is 4.59. The number of benzene rings is 1. The Balaban J connectivity index is 3.01. The molecule has 19 heavy (non-hydrogen) atoms. The van der Waals surface area contributed by atoms with E-state index in [1.165, 1.54) is 12.1 Å². The summed E-state index contributed by atoms with van der Waals surface area (Å²) in [5, 5.41) is 0. The van der Waals surface area contributed by atoms with Crippen LogP contribution in [0.3, 0.4) is 0 Å². The number of rotatable bonds is 7. The van der Waals surface area contributed by atoms with Crippen LogP contribution in [0.4, 0.5) is 4.39 Å². The van der Waals surface area contributed by atoms with Gasteiger partial charge in [0.1, 0.15) is 5.82 Å². The Hall–Kier alpha value is -0.490. The van der Waals surface area contributed by atoms with Gasteiger partial charge in [-0.25, -0.2) is 4.39 Å². The summed E-state index contributed by atoms with van der Waals surface area (Å²) in [5.41, 5.74) is 3.36. The Morgan fingerprint density at radius 1 is 1.42 bits per heavy atom. The average Bonchev–Trinajstić information content (AvgIpc) is 2.43. The first-order chi connectivity index (χ1) is 9.02. The summed E-state index contributed by atoms with van der Waals surface area (Å²) < 4.78 is 19.9. The van der Waals surface area contributed by atoms with Gasteiger partial charge in [0.15, 0.2) is 0 Å². The van der Waals surface area contributed by atoms with Gasteiger partial charge in [0.2, 0.25) is 0 Å². The van der Waals surface area contributed by atoms with Crippen LogP contribution in [0.5, 0.6) is 0 Å².